The van der Waals surface area contributed by atoms with Crippen LogP contribution in [0.25, 0.3) is 27.7 Å². The second-order valence-electron chi connectivity index (χ2n) is 6.12. The van der Waals surface area contributed by atoms with Crippen molar-refractivity contribution in [1.82, 2.24) is 14.0 Å². The molecule has 2 N–H and O–H groups in total. The summed E-state index contributed by atoms with van der Waals surface area (Å²) in [4.78, 5) is 28.2. The topological polar surface area (TPSA) is 79.5 Å². The van der Waals surface area contributed by atoms with Crippen LogP contribution in [-0.2, 0) is 6.54 Å². The number of hydrogen-bond donors (Lipinski definition) is 2. The molecule has 0 radical (unpaired) electrons. The second-order valence-corrected chi connectivity index (χ2v) is 6.12. The van der Waals surface area contributed by atoms with Crippen molar-refractivity contribution in [3.63, 3.8) is 0 Å². The number of H-pyrrole nitrogens is 1. The summed E-state index contributed by atoms with van der Waals surface area (Å²) in [5.41, 5.74) is 1.73. The molecular weight excluding hydrogens is 318 g/mol. The summed E-state index contributed by atoms with van der Waals surface area (Å²) in [5.74, 6) is 0. The van der Waals surface area contributed by atoms with Gasteiger partial charge in [-0.1, -0.05) is 48.5 Å². The lowest BCUT2D eigenvalue weighted by Gasteiger charge is -2.10. The van der Waals surface area contributed by atoms with Crippen molar-refractivity contribution in [3.05, 3.63) is 75.6 Å². The lowest BCUT2D eigenvalue weighted by atomic mass is 10.1. The van der Waals surface area contributed by atoms with Gasteiger partial charge >= 0.3 is 11.4 Å². The summed E-state index contributed by atoms with van der Waals surface area (Å²) in [7, 11) is 0. The SMILES string of the molecule is CC(O)Cn1c(-c2ccccc2)c2c3ccccc3[nH]c(=O)n2c1=O. The largest absolute Gasteiger partial charge is 0.392 e. The highest BCUT2D eigenvalue weighted by Gasteiger charge is 2.21. The molecule has 0 spiro atoms. The molecule has 2 heterocycles. The van der Waals surface area contributed by atoms with E-state index in [2.05, 4.69) is 4.98 Å². The number of aromatic nitrogens is 3. The Bertz CT molecular complexity index is 1180. The van der Waals surface area contributed by atoms with E-state index >= 15 is 0 Å². The average molecular weight is 335 g/mol. The normalized spacial score (nSPS) is 12.7. The Morgan fingerprint density at radius 2 is 1.72 bits per heavy atom. The summed E-state index contributed by atoms with van der Waals surface area (Å²) >= 11 is 0. The van der Waals surface area contributed by atoms with Crippen molar-refractivity contribution in [2.75, 3.05) is 0 Å². The van der Waals surface area contributed by atoms with Gasteiger partial charge in [-0.15, -0.1) is 0 Å². The maximum absolute atomic E-state index is 12.9. The first-order valence-electron chi connectivity index (χ1n) is 8.07. The maximum atomic E-state index is 12.9. The van der Waals surface area contributed by atoms with Gasteiger partial charge in [0.05, 0.1) is 29.4 Å². The molecule has 6 heteroatoms. The van der Waals surface area contributed by atoms with Crippen LogP contribution in [0.3, 0.4) is 0 Å². The predicted molar refractivity (Wildman–Crippen MR) is 96.9 cm³/mol. The Morgan fingerprint density at radius 1 is 1.04 bits per heavy atom. The van der Waals surface area contributed by atoms with Crippen molar-refractivity contribution in [2.45, 2.75) is 19.6 Å². The molecule has 126 valence electrons. The van der Waals surface area contributed by atoms with Gasteiger partial charge in [0, 0.05) is 10.9 Å². The van der Waals surface area contributed by atoms with E-state index in [1.54, 1.807) is 6.92 Å². The van der Waals surface area contributed by atoms with Gasteiger partial charge < -0.3 is 10.1 Å². The van der Waals surface area contributed by atoms with E-state index in [-0.39, 0.29) is 6.54 Å². The summed E-state index contributed by atoms with van der Waals surface area (Å²) in [6.07, 6.45) is -0.720. The van der Waals surface area contributed by atoms with Crippen molar-refractivity contribution >= 4 is 16.4 Å². The average Bonchev–Trinajstić information content (AvgIpc) is 2.89. The minimum absolute atomic E-state index is 0.110. The minimum atomic E-state index is -0.720. The predicted octanol–water partition coefficient (Wildman–Crippen LogP) is 1.99. The number of benzene rings is 2. The number of nitrogens with zero attached hydrogens (tertiary/aromatic N) is 2. The number of nitrogens with one attached hydrogen (secondary N) is 1. The van der Waals surface area contributed by atoms with Crippen LogP contribution >= 0.6 is 0 Å². The highest BCUT2D eigenvalue weighted by Crippen LogP contribution is 2.28. The zero-order valence-corrected chi connectivity index (χ0v) is 13.6. The van der Waals surface area contributed by atoms with E-state index in [1.807, 2.05) is 54.6 Å². The Morgan fingerprint density at radius 3 is 2.44 bits per heavy atom. The summed E-state index contributed by atoms with van der Waals surface area (Å²) in [6.45, 7) is 1.73. The third-order valence-corrected chi connectivity index (χ3v) is 4.26. The fourth-order valence-corrected chi connectivity index (χ4v) is 3.27. The summed E-state index contributed by atoms with van der Waals surface area (Å²) in [5, 5.41) is 10.6. The number of para-hydroxylation sites is 1. The van der Waals surface area contributed by atoms with Crippen LogP contribution in [0.1, 0.15) is 6.92 Å². The molecule has 0 amide bonds. The van der Waals surface area contributed by atoms with E-state index in [1.165, 1.54) is 4.57 Å². The molecule has 0 bridgehead atoms. The zero-order valence-electron chi connectivity index (χ0n) is 13.6. The first-order chi connectivity index (χ1) is 12.1. The highest BCUT2D eigenvalue weighted by molar-refractivity contribution is 6.00. The molecule has 2 aromatic carbocycles. The number of imidazole rings is 1. The minimum Gasteiger partial charge on any atom is -0.392 e. The van der Waals surface area contributed by atoms with Gasteiger partial charge in [0.25, 0.3) is 0 Å². The van der Waals surface area contributed by atoms with E-state index in [0.29, 0.717) is 16.7 Å². The van der Waals surface area contributed by atoms with Crippen LogP contribution < -0.4 is 11.4 Å². The van der Waals surface area contributed by atoms with Gasteiger partial charge in [0.2, 0.25) is 0 Å². The van der Waals surface area contributed by atoms with Crippen LogP contribution in [0.15, 0.2) is 64.2 Å². The van der Waals surface area contributed by atoms with Crippen LogP contribution in [0.4, 0.5) is 0 Å². The van der Waals surface area contributed by atoms with Crippen molar-refractivity contribution < 1.29 is 5.11 Å². The van der Waals surface area contributed by atoms with Crippen LogP contribution in [0.2, 0.25) is 0 Å². The number of rotatable bonds is 3. The summed E-state index contributed by atoms with van der Waals surface area (Å²) < 4.78 is 2.62. The molecule has 0 aliphatic rings. The quantitative estimate of drug-likeness (QED) is 0.601. The van der Waals surface area contributed by atoms with Gasteiger partial charge in [-0.25, -0.2) is 14.0 Å². The van der Waals surface area contributed by atoms with Crippen molar-refractivity contribution in [2.24, 2.45) is 0 Å². The van der Waals surface area contributed by atoms with Gasteiger partial charge in [-0.2, -0.15) is 0 Å². The lowest BCUT2D eigenvalue weighted by molar-refractivity contribution is 0.172. The molecule has 4 aromatic rings. The molecule has 1 atom stereocenters. The van der Waals surface area contributed by atoms with E-state index < -0.39 is 17.5 Å². The van der Waals surface area contributed by atoms with Gasteiger partial charge in [0.1, 0.15) is 0 Å². The van der Waals surface area contributed by atoms with Crippen LogP contribution in [-0.4, -0.2) is 25.2 Å². The highest BCUT2D eigenvalue weighted by atomic mass is 16.3. The fraction of sp³-hybridized carbons (Fsp3) is 0.158. The third-order valence-electron chi connectivity index (χ3n) is 4.26. The molecule has 0 saturated carbocycles. The van der Waals surface area contributed by atoms with E-state index in [9.17, 15) is 14.7 Å². The van der Waals surface area contributed by atoms with Crippen molar-refractivity contribution in [1.29, 1.82) is 0 Å². The van der Waals surface area contributed by atoms with Crippen LogP contribution in [0.5, 0.6) is 0 Å². The first-order valence-corrected chi connectivity index (χ1v) is 8.07. The standard InChI is InChI=1S/C19H17N3O3/c1-12(23)11-21-16(13-7-3-2-4-8-13)17-14-9-5-6-10-15(14)20-18(24)22(17)19(21)25/h2-10,12,23H,11H2,1H3,(H,20,24). The second kappa shape index (κ2) is 5.75. The van der Waals surface area contributed by atoms with Crippen molar-refractivity contribution in [3.8, 4) is 11.3 Å². The number of aliphatic hydroxyl groups is 1. The molecule has 2 aromatic heterocycles. The molecule has 0 saturated heterocycles. The van der Waals surface area contributed by atoms with Gasteiger partial charge in [0.15, 0.2) is 0 Å². The molecule has 25 heavy (non-hydrogen) atoms. The Hall–Kier alpha value is -3.12. The fourth-order valence-electron chi connectivity index (χ4n) is 3.27. The van der Waals surface area contributed by atoms with Gasteiger partial charge in [-0.3, -0.25) is 4.57 Å². The van der Waals surface area contributed by atoms with E-state index in [4.69, 9.17) is 0 Å². The number of hydrogen-bond acceptors (Lipinski definition) is 3. The molecule has 4 rings (SSSR count). The molecule has 0 fully saturated rings. The zero-order chi connectivity index (χ0) is 17.6. The third kappa shape index (κ3) is 2.38. The molecular formula is C19H17N3O3. The molecule has 1 unspecified atom stereocenters. The monoisotopic (exact) mass is 335 g/mol. The number of aliphatic hydroxyl groups excluding tert-OH is 1. The number of fused-ring (bicyclic) bond motifs is 3. The molecule has 6 nitrogen and oxygen atoms in total. The molecule has 0 aliphatic heterocycles. The van der Waals surface area contributed by atoms with Crippen LogP contribution in [0, 0.1) is 0 Å². The maximum Gasteiger partial charge on any atom is 0.337 e. The number of aromatic amines is 1. The van der Waals surface area contributed by atoms with E-state index in [0.717, 1.165) is 15.4 Å². The summed E-state index contributed by atoms with van der Waals surface area (Å²) in [6, 6.07) is 16.8. The first kappa shape index (κ1) is 15.4. The Kier molecular flexibility index (Phi) is 3.54. The Labute approximate surface area is 142 Å². The smallest absolute Gasteiger partial charge is 0.337 e. The lowest BCUT2D eigenvalue weighted by Crippen LogP contribution is -2.31. The molecule has 0 aliphatic carbocycles. The van der Waals surface area contributed by atoms with Gasteiger partial charge in [-0.05, 0) is 13.0 Å². The Balaban J connectivity index is 2.27.